The van der Waals surface area contributed by atoms with Gasteiger partial charge in [0.05, 0.1) is 11.5 Å². The van der Waals surface area contributed by atoms with Gasteiger partial charge < -0.3 is 10.1 Å². The maximum Gasteiger partial charge on any atom is 0.345 e. The van der Waals surface area contributed by atoms with Gasteiger partial charge in [0.2, 0.25) is 5.91 Å². The van der Waals surface area contributed by atoms with Crippen molar-refractivity contribution in [2.45, 2.75) is 31.0 Å². The number of rotatable bonds is 4. The van der Waals surface area contributed by atoms with Crippen molar-refractivity contribution in [3.8, 4) is 0 Å². The highest BCUT2D eigenvalue weighted by Crippen LogP contribution is 2.46. The minimum Gasteiger partial charge on any atom is -0.358 e. The number of benzene rings is 1. The predicted octanol–water partition coefficient (Wildman–Crippen LogP) is 2.83. The summed E-state index contributed by atoms with van der Waals surface area (Å²) >= 11 is 3.35. The molecule has 0 unspecified atom stereocenters. The Bertz CT molecular complexity index is 475. The van der Waals surface area contributed by atoms with Gasteiger partial charge in [-0.2, -0.15) is 8.78 Å². The summed E-state index contributed by atoms with van der Waals surface area (Å²) in [5.74, 6) is -0.167. The monoisotopic (exact) mass is 333 g/mol. The Morgan fingerprint density at radius 2 is 2.21 bits per heavy atom. The average molecular weight is 334 g/mol. The van der Waals surface area contributed by atoms with Gasteiger partial charge in [0.15, 0.2) is 0 Å². The predicted molar refractivity (Wildman–Crippen MR) is 70.0 cm³/mol. The summed E-state index contributed by atoms with van der Waals surface area (Å²) in [6.07, 6.45) is -0.0303. The molecule has 0 radical (unpaired) electrons. The van der Waals surface area contributed by atoms with E-state index in [1.165, 1.54) is 0 Å². The molecule has 2 rings (SSSR count). The van der Waals surface area contributed by atoms with Gasteiger partial charge in [0.1, 0.15) is 0 Å². The number of likely N-dealkylation sites (N-methyl/N-ethyl adjacent to an activating group) is 1. The van der Waals surface area contributed by atoms with Gasteiger partial charge in [-0.1, -0.05) is 28.1 Å². The fourth-order valence-corrected chi connectivity index (χ4v) is 2.94. The first kappa shape index (κ1) is 14.4. The van der Waals surface area contributed by atoms with Gasteiger partial charge >= 0.3 is 6.61 Å². The molecule has 3 nitrogen and oxygen atoms in total. The van der Waals surface area contributed by atoms with E-state index in [4.69, 9.17) is 0 Å². The van der Waals surface area contributed by atoms with Crippen LogP contribution in [0.1, 0.15) is 18.4 Å². The zero-order chi connectivity index (χ0) is 14.0. The number of ether oxygens (including phenoxy) is 1. The maximum absolute atomic E-state index is 12.2. The number of amides is 1. The van der Waals surface area contributed by atoms with Gasteiger partial charge in [-0.15, -0.1) is 0 Å². The van der Waals surface area contributed by atoms with E-state index in [2.05, 4.69) is 26.0 Å². The quantitative estimate of drug-likeness (QED) is 0.920. The molecule has 1 aromatic carbocycles. The molecule has 0 saturated heterocycles. The number of carbonyl (C=O) groups is 1. The highest BCUT2D eigenvalue weighted by Gasteiger charge is 2.52. The van der Waals surface area contributed by atoms with Crippen LogP contribution in [-0.2, 0) is 14.9 Å². The van der Waals surface area contributed by atoms with Crippen molar-refractivity contribution >= 4 is 21.8 Å². The van der Waals surface area contributed by atoms with E-state index in [1.54, 1.807) is 7.05 Å². The van der Waals surface area contributed by atoms with Crippen molar-refractivity contribution in [1.82, 2.24) is 5.32 Å². The van der Waals surface area contributed by atoms with Crippen molar-refractivity contribution in [2.24, 2.45) is 0 Å². The number of alkyl halides is 2. The molecule has 0 heterocycles. The fraction of sp³-hybridized carbons (Fsp3) is 0.462. The number of halogens is 3. The molecule has 0 aliphatic heterocycles. The second kappa shape index (κ2) is 5.54. The molecule has 1 fully saturated rings. The number of nitrogens with one attached hydrogen (secondary N) is 1. The molecule has 1 N–H and O–H groups in total. The van der Waals surface area contributed by atoms with Crippen LogP contribution in [0.25, 0.3) is 0 Å². The van der Waals surface area contributed by atoms with E-state index in [1.807, 2.05) is 24.3 Å². The highest BCUT2D eigenvalue weighted by molar-refractivity contribution is 9.10. The van der Waals surface area contributed by atoms with E-state index in [-0.39, 0.29) is 18.7 Å². The molecule has 1 amide bonds. The van der Waals surface area contributed by atoms with Gasteiger partial charge in [-0.25, -0.2) is 0 Å². The Kier molecular flexibility index (Phi) is 4.20. The molecule has 1 saturated carbocycles. The third kappa shape index (κ3) is 2.79. The first-order valence-electron chi connectivity index (χ1n) is 5.90. The normalized spacial score (nSPS) is 26.1. The lowest BCUT2D eigenvalue weighted by Crippen LogP contribution is -2.55. The van der Waals surface area contributed by atoms with E-state index < -0.39 is 18.1 Å². The summed E-state index contributed by atoms with van der Waals surface area (Å²) in [5.41, 5.74) is 0.0493. The van der Waals surface area contributed by atoms with Crippen LogP contribution in [0.2, 0.25) is 0 Å². The zero-order valence-corrected chi connectivity index (χ0v) is 11.9. The van der Waals surface area contributed by atoms with E-state index >= 15 is 0 Å². The molecule has 1 aromatic rings. The molecule has 0 atom stereocenters. The Morgan fingerprint density at radius 1 is 1.53 bits per heavy atom. The summed E-state index contributed by atoms with van der Waals surface area (Å²) < 4.78 is 29.7. The minimum atomic E-state index is -2.80. The van der Waals surface area contributed by atoms with Crippen LogP contribution in [0, 0.1) is 0 Å². The molecule has 1 aliphatic rings. The van der Waals surface area contributed by atoms with Crippen LogP contribution in [0.3, 0.4) is 0 Å². The van der Waals surface area contributed by atoms with E-state index in [0.717, 1.165) is 10.0 Å². The van der Waals surface area contributed by atoms with Crippen LogP contribution >= 0.6 is 15.9 Å². The third-order valence-electron chi connectivity index (χ3n) is 3.49. The summed E-state index contributed by atoms with van der Waals surface area (Å²) in [5, 5.41) is 2.60. The van der Waals surface area contributed by atoms with Crippen molar-refractivity contribution < 1.29 is 18.3 Å². The second-order valence-corrected chi connectivity index (χ2v) is 5.51. The van der Waals surface area contributed by atoms with Crippen LogP contribution in [0.15, 0.2) is 28.7 Å². The summed E-state index contributed by atoms with van der Waals surface area (Å²) in [4.78, 5) is 12.1. The van der Waals surface area contributed by atoms with Gasteiger partial charge in [-0.05, 0) is 30.5 Å². The Labute approximate surface area is 118 Å². The number of hydrogen-bond donors (Lipinski definition) is 1. The third-order valence-corrected chi connectivity index (χ3v) is 3.98. The van der Waals surface area contributed by atoms with E-state index in [9.17, 15) is 13.6 Å². The summed E-state index contributed by atoms with van der Waals surface area (Å²) in [7, 11) is 1.55. The zero-order valence-electron chi connectivity index (χ0n) is 10.3. The molecular weight excluding hydrogens is 320 g/mol. The average Bonchev–Trinajstić information content (AvgIpc) is 2.32. The number of carbonyl (C=O) groups excluding carboxylic acids is 1. The summed E-state index contributed by atoms with van der Waals surface area (Å²) in [6, 6.07) is 7.35. The van der Waals surface area contributed by atoms with Gasteiger partial charge in [0, 0.05) is 11.5 Å². The fourth-order valence-electron chi connectivity index (χ4n) is 2.54. The highest BCUT2D eigenvalue weighted by atomic mass is 79.9. The van der Waals surface area contributed by atoms with Gasteiger partial charge in [-0.3, -0.25) is 4.79 Å². The van der Waals surface area contributed by atoms with Gasteiger partial charge in [0.25, 0.3) is 0 Å². The van der Waals surface area contributed by atoms with Crippen molar-refractivity contribution in [1.29, 1.82) is 0 Å². The minimum absolute atomic E-state index is 0.167. The lowest BCUT2D eigenvalue weighted by molar-refractivity contribution is -0.197. The molecule has 0 spiro atoms. The van der Waals surface area contributed by atoms with Crippen molar-refractivity contribution in [3.05, 3.63) is 34.3 Å². The van der Waals surface area contributed by atoms with Crippen LogP contribution < -0.4 is 5.32 Å². The summed E-state index contributed by atoms with van der Waals surface area (Å²) in [6.45, 7) is -2.80. The van der Waals surface area contributed by atoms with Crippen LogP contribution in [-0.4, -0.2) is 25.7 Å². The van der Waals surface area contributed by atoms with Crippen molar-refractivity contribution in [2.75, 3.05) is 7.05 Å². The molecule has 0 bridgehead atoms. The van der Waals surface area contributed by atoms with Crippen molar-refractivity contribution in [3.63, 3.8) is 0 Å². The number of hydrogen-bond acceptors (Lipinski definition) is 2. The molecule has 19 heavy (non-hydrogen) atoms. The molecule has 104 valence electrons. The second-order valence-electron chi connectivity index (χ2n) is 4.60. The Balaban J connectivity index is 2.22. The van der Waals surface area contributed by atoms with Crippen LogP contribution in [0.4, 0.5) is 8.78 Å². The lowest BCUT2D eigenvalue weighted by Gasteiger charge is -2.45. The Hall–Kier alpha value is -1.01. The standard InChI is InChI=1S/C13H14BrF2NO2/c1-17-11(18)13(6-10(7-13)19-12(15)16)8-3-2-4-9(14)5-8/h2-5,10,12H,6-7H2,1H3,(H,17,18)/t10-,13-. The van der Waals surface area contributed by atoms with Crippen LogP contribution in [0.5, 0.6) is 0 Å². The molecular formula is C13H14BrF2NO2. The smallest absolute Gasteiger partial charge is 0.345 e. The topological polar surface area (TPSA) is 38.3 Å². The van der Waals surface area contributed by atoms with E-state index in [0.29, 0.717) is 0 Å². The molecule has 0 aromatic heterocycles. The SMILES string of the molecule is CNC(=O)[C@]1(c2cccc(Br)c2)C[C@@H](OC(F)F)C1. The first-order chi connectivity index (χ1) is 8.98. The Morgan fingerprint density at radius 3 is 2.74 bits per heavy atom. The first-order valence-corrected chi connectivity index (χ1v) is 6.69. The maximum atomic E-state index is 12.2. The largest absolute Gasteiger partial charge is 0.358 e. The molecule has 6 heteroatoms. The lowest BCUT2D eigenvalue weighted by atomic mass is 9.62. The molecule has 1 aliphatic carbocycles.